The van der Waals surface area contributed by atoms with Crippen molar-refractivity contribution in [2.24, 2.45) is 0 Å². The number of hydrogen-bond acceptors (Lipinski definition) is 4. The Morgan fingerprint density at radius 3 is 2.22 bits per heavy atom. The SMILES string of the molecule is O=C([O-])c1cc(Br)cc(Br)c1OC(=O)C(F)(F)F. The average Bonchev–Trinajstić information content (AvgIpc) is 2.19. The lowest BCUT2D eigenvalue weighted by Gasteiger charge is -2.14. The largest absolute Gasteiger partial charge is 0.545 e. The lowest BCUT2D eigenvalue weighted by atomic mass is 10.2. The maximum atomic E-state index is 12.0. The summed E-state index contributed by atoms with van der Waals surface area (Å²) in [5, 5.41) is 10.7. The molecule has 98 valence electrons. The fourth-order valence-corrected chi connectivity index (χ4v) is 2.27. The van der Waals surface area contributed by atoms with E-state index in [9.17, 15) is 27.9 Å². The number of carbonyl (C=O) groups excluding carboxylic acids is 2. The molecule has 0 aliphatic carbocycles. The number of rotatable bonds is 2. The van der Waals surface area contributed by atoms with Gasteiger partial charge in [-0.1, -0.05) is 15.9 Å². The zero-order chi connectivity index (χ0) is 14.1. The van der Waals surface area contributed by atoms with Gasteiger partial charge >= 0.3 is 12.1 Å². The minimum atomic E-state index is -5.23. The van der Waals surface area contributed by atoms with Gasteiger partial charge in [0.25, 0.3) is 0 Å². The Bertz CT molecular complexity index is 513. The summed E-state index contributed by atoms with van der Waals surface area (Å²) in [6, 6.07) is 2.19. The average molecular weight is 391 g/mol. The van der Waals surface area contributed by atoms with Gasteiger partial charge in [0.1, 0.15) is 0 Å². The van der Waals surface area contributed by atoms with Gasteiger partial charge in [-0.05, 0) is 28.1 Å². The Morgan fingerprint density at radius 2 is 1.78 bits per heavy atom. The third kappa shape index (κ3) is 3.45. The molecule has 0 aliphatic rings. The lowest BCUT2D eigenvalue weighted by molar-refractivity contribution is -0.255. The molecule has 1 aromatic rings. The van der Waals surface area contributed by atoms with Crippen LogP contribution in [0.2, 0.25) is 0 Å². The molecule has 0 heterocycles. The molecule has 0 saturated heterocycles. The van der Waals surface area contributed by atoms with Crippen molar-refractivity contribution in [1.29, 1.82) is 0 Å². The summed E-state index contributed by atoms with van der Waals surface area (Å²) in [5.74, 6) is -5.06. The van der Waals surface area contributed by atoms with Crippen LogP contribution in [0, 0.1) is 0 Å². The van der Waals surface area contributed by atoms with Crippen molar-refractivity contribution < 1.29 is 32.6 Å². The van der Waals surface area contributed by atoms with Crippen molar-refractivity contribution >= 4 is 43.8 Å². The molecular formula is C9H2Br2F3O4-. The number of aromatic carboxylic acids is 1. The molecule has 0 spiro atoms. The maximum absolute atomic E-state index is 12.0. The summed E-state index contributed by atoms with van der Waals surface area (Å²) in [5.41, 5.74) is -0.686. The van der Waals surface area contributed by atoms with E-state index >= 15 is 0 Å². The van der Waals surface area contributed by atoms with Crippen molar-refractivity contribution in [3.63, 3.8) is 0 Å². The van der Waals surface area contributed by atoms with Crippen LogP contribution in [0.3, 0.4) is 0 Å². The number of ether oxygens (including phenoxy) is 1. The molecule has 1 rings (SSSR count). The molecule has 0 saturated carbocycles. The Kier molecular flexibility index (Phi) is 4.38. The lowest BCUT2D eigenvalue weighted by Crippen LogP contribution is -2.30. The molecule has 0 radical (unpaired) electrons. The summed E-state index contributed by atoms with van der Waals surface area (Å²) < 4.78 is 40.2. The van der Waals surface area contributed by atoms with Gasteiger partial charge in [0.15, 0.2) is 5.75 Å². The monoisotopic (exact) mass is 389 g/mol. The van der Waals surface area contributed by atoms with E-state index in [2.05, 4.69) is 36.6 Å². The molecule has 4 nitrogen and oxygen atoms in total. The van der Waals surface area contributed by atoms with Gasteiger partial charge in [-0.3, -0.25) is 0 Å². The molecule has 0 atom stereocenters. The van der Waals surface area contributed by atoms with Gasteiger partial charge in [-0.25, -0.2) is 4.79 Å². The van der Waals surface area contributed by atoms with Crippen LogP contribution in [0.25, 0.3) is 0 Å². The van der Waals surface area contributed by atoms with Gasteiger partial charge < -0.3 is 14.6 Å². The van der Waals surface area contributed by atoms with E-state index in [1.54, 1.807) is 0 Å². The molecule has 0 bridgehead atoms. The fraction of sp³-hybridized carbons (Fsp3) is 0.111. The number of halogens is 5. The molecule has 18 heavy (non-hydrogen) atoms. The second-order valence-corrected chi connectivity index (χ2v) is 4.71. The van der Waals surface area contributed by atoms with Gasteiger partial charge in [0.05, 0.1) is 10.4 Å². The number of alkyl halides is 3. The summed E-state index contributed by atoms with van der Waals surface area (Å²) in [6.45, 7) is 0. The van der Waals surface area contributed by atoms with Gasteiger partial charge in [0, 0.05) is 10.0 Å². The van der Waals surface area contributed by atoms with E-state index in [0.29, 0.717) is 0 Å². The quantitative estimate of drug-likeness (QED) is 0.572. The van der Waals surface area contributed by atoms with E-state index in [4.69, 9.17) is 0 Å². The van der Waals surface area contributed by atoms with Crippen LogP contribution in [0.15, 0.2) is 21.1 Å². The zero-order valence-electron chi connectivity index (χ0n) is 8.18. The molecule has 0 N–H and O–H groups in total. The van der Waals surface area contributed by atoms with Gasteiger partial charge in [-0.15, -0.1) is 0 Å². The predicted molar refractivity (Wildman–Crippen MR) is 57.9 cm³/mol. The summed E-state index contributed by atoms with van der Waals surface area (Å²) >= 11 is 5.73. The number of esters is 1. The maximum Gasteiger partial charge on any atom is 0.491 e. The van der Waals surface area contributed by atoms with Crippen LogP contribution >= 0.6 is 31.9 Å². The number of benzene rings is 1. The Morgan fingerprint density at radius 1 is 1.22 bits per heavy atom. The molecular weight excluding hydrogens is 389 g/mol. The highest BCUT2D eigenvalue weighted by molar-refractivity contribution is 9.11. The molecule has 0 unspecified atom stereocenters. The third-order valence-corrected chi connectivity index (χ3v) is 2.70. The first-order chi connectivity index (χ1) is 8.12. The second kappa shape index (κ2) is 5.27. The molecule has 9 heteroatoms. The highest BCUT2D eigenvalue weighted by atomic mass is 79.9. The molecule has 0 fully saturated rings. The first kappa shape index (κ1) is 15.0. The molecule has 0 amide bonds. The van der Waals surface area contributed by atoms with Crippen molar-refractivity contribution in [2.45, 2.75) is 6.18 Å². The Balaban J connectivity index is 3.24. The number of hydrogen-bond donors (Lipinski definition) is 0. The molecule has 0 aliphatic heterocycles. The Labute approximate surface area is 115 Å². The van der Waals surface area contributed by atoms with Crippen LogP contribution in [0.4, 0.5) is 13.2 Å². The highest BCUT2D eigenvalue weighted by Crippen LogP contribution is 2.34. The Hall–Kier alpha value is -1.09. The third-order valence-electron chi connectivity index (χ3n) is 1.65. The smallest absolute Gasteiger partial charge is 0.491 e. The normalized spacial score (nSPS) is 11.2. The van der Waals surface area contributed by atoms with Gasteiger partial charge in [-0.2, -0.15) is 13.2 Å². The van der Waals surface area contributed by atoms with Crippen LogP contribution < -0.4 is 9.84 Å². The van der Waals surface area contributed by atoms with E-state index in [1.165, 1.54) is 6.07 Å². The van der Waals surface area contributed by atoms with Crippen LogP contribution in [-0.4, -0.2) is 18.1 Å². The van der Waals surface area contributed by atoms with Crippen molar-refractivity contribution in [3.8, 4) is 5.75 Å². The summed E-state index contributed by atoms with van der Waals surface area (Å²) in [4.78, 5) is 21.4. The minimum Gasteiger partial charge on any atom is -0.545 e. The highest BCUT2D eigenvalue weighted by Gasteiger charge is 2.42. The van der Waals surface area contributed by atoms with E-state index in [0.717, 1.165) is 6.07 Å². The standard InChI is InChI=1S/C9H3Br2F3O4/c10-3-1-4(7(15)16)6(5(11)2-3)18-8(17)9(12,13)14/h1-2H,(H,15,16)/p-1. The van der Waals surface area contributed by atoms with E-state index < -0.39 is 29.4 Å². The summed E-state index contributed by atoms with van der Waals surface area (Å²) in [6.07, 6.45) is -5.23. The van der Waals surface area contributed by atoms with Crippen LogP contribution in [0.5, 0.6) is 5.75 Å². The number of carbonyl (C=O) groups is 2. The fourth-order valence-electron chi connectivity index (χ4n) is 0.966. The first-order valence-electron chi connectivity index (χ1n) is 4.12. The topological polar surface area (TPSA) is 66.4 Å². The van der Waals surface area contributed by atoms with Crippen molar-refractivity contribution in [1.82, 2.24) is 0 Å². The van der Waals surface area contributed by atoms with E-state index in [1.807, 2.05) is 0 Å². The van der Waals surface area contributed by atoms with Crippen molar-refractivity contribution in [3.05, 3.63) is 26.6 Å². The second-order valence-electron chi connectivity index (χ2n) is 2.94. The van der Waals surface area contributed by atoms with Crippen molar-refractivity contribution in [2.75, 3.05) is 0 Å². The molecule has 0 aromatic heterocycles. The number of carboxylic acid groups (broad SMARTS) is 1. The number of carboxylic acids is 1. The van der Waals surface area contributed by atoms with Gasteiger partial charge in [0.2, 0.25) is 0 Å². The summed E-state index contributed by atoms with van der Waals surface area (Å²) in [7, 11) is 0. The van der Waals surface area contributed by atoms with E-state index in [-0.39, 0.29) is 8.95 Å². The first-order valence-corrected chi connectivity index (χ1v) is 5.71. The zero-order valence-corrected chi connectivity index (χ0v) is 11.3. The molecule has 1 aromatic carbocycles. The van der Waals surface area contributed by atoms with Crippen LogP contribution in [0.1, 0.15) is 10.4 Å². The predicted octanol–water partition coefficient (Wildman–Crippen LogP) is 2.04. The minimum absolute atomic E-state index is 0.131. The van der Waals surface area contributed by atoms with Crippen LogP contribution in [-0.2, 0) is 4.79 Å².